The van der Waals surface area contributed by atoms with E-state index in [1.54, 1.807) is 18.2 Å². The van der Waals surface area contributed by atoms with Crippen LogP contribution in [0, 0.1) is 18.3 Å². The van der Waals surface area contributed by atoms with Crippen molar-refractivity contribution in [2.24, 2.45) is 0 Å². The van der Waals surface area contributed by atoms with Gasteiger partial charge < -0.3 is 15.8 Å². The zero-order valence-corrected chi connectivity index (χ0v) is 8.99. The molecule has 5 nitrogen and oxygen atoms in total. The minimum atomic E-state index is -0.330. The molecule has 0 atom stereocenters. The Morgan fingerprint density at radius 3 is 3.06 bits per heavy atom. The Morgan fingerprint density at radius 1 is 1.62 bits per heavy atom. The first-order valence-corrected chi connectivity index (χ1v) is 4.76. The molecule has 1 amide bonds. The number of hydrogen-bond donors (Lipinski definition) is 2. The predicted molar refractivity (Wildman–Crippen MR) is 59.7 cm³/mol. The van der Waals surface area contributed by atoms with Crippen LogP contribution in [0.5, 0.6) is 5.75 Å². The summed E-state index contributed by atoms with van der Waals surface area (Å²) in [5.41, 5.74) is 7.11. The van der Waals surface area contributed by atoms with Gasteiger partial charge in [-0.2, -0.15) is 5.26 Å². The number of hydrogen-bond acceptors (Lipinski definition) is 4. The van der Waals surface area contributed by atoms with E-state index in [9.17, 15) is 4.79 Å². The van der Waals surface area contributed by atoms with Crippen LogP contribution in [0.4, 0.5) is 5.69 Å². The molecule has 0 radical (unpaired) electrons. The molecule has 0 spiro atoms. The molecule has 0 aliphatic rings. The lowest BCUT2D eigenvalue weighted by molar-refractivity contribution is -0.122. The van der Waals surface area contributed by atoms with E-state index in [0.29, 0.717) is 11.4 Å². The first-order valence-electron chi connectivity index (χ1n) is 4.76. The predicted octanol–water partition coefficient (Wildman–Crippen LogP) is 0.596. The monoisotopic (exact) mass is 219 g/mol. The van der Waals surface area contributed by atoms with Gasteiger partial charge in [0.1, 0.15) is 12.3 Å². The molecule has 0 saturated carbocycles. The van der Waals surface area contributed by atoms with Crippen LogP contribution >= 0.6 is 0 Å². The second kappa shape index (κ2) is 5.61. The summed E-state index contributed by atoms with van der Waals surface area (Å²) in [5.74, 6) is 0.246. The molecule has 84 valence electrons. The standard InChI is InChI=1S/C11H13N3O2/c1-8-9(13)3-2-4-10(8)16-7-11(15)14-6-5-12/h2-4H,6-7,13H2,1H3,(H,14,15). The smallest absolute Gasteiger partial charge is 0.258 e. The number of nitrogens with two attached hydrogens (primary N) is 1. The summed E-state index contributed by atoms with van der Waals surface area (Å²) in [5, 5.41) is 10.6. The highest BCUT2D eigenvalue weighted by Gasteiger charge is 2.05. The minimum Gasteiger partial charge on any atom is -0.483 e. The van der Waals surface area contributed by atoms with Gasteiger partial charge in [-0.25, -0.2) is 0 Å². The number of rotatable bonds is 4. The van der Waals surface area contributed by atoms with Crippen LogP contribution in [-0.2, 0) is 4.79 Å². The van der Waals surface area contributed by atoms with Crippen LogP contribution in [0.2, 0.25) is 0 Å². The second-order valence-electron chi connectivity index (χ2n) is 3.19. The van der Waals surface area contributed by atoms with Crippen LogP contribution in [0.3, 0.4) is 0 Å². The van der Waals surface area contributed by atoms with Crippen molar-refractivity contribution in [2.45, 2.75) is 6.92 Å². The van der Waals surface area contributed by atoms with Crippen molar-refractivity contribution in [1.82, 2.24) is 5.32 Å². The lowest BCUT2D eigenvalue weighted by atomic mass is 10.2. The lowest BCUT2D eigenvalue weighted by Crippen LogP contribution is -2.29. The normalized spacial score (nSPS) is 9.25. The molecule has 0 fully saturated rings. The summed E-state index contributed by atoms with van der Waals surface area (Å²) in [6.07, 6.45) is 0. The molecular weight excluding hydrogens is 206 g/mol. The van der Waals surface area contributed by atoms with Gasteiger partial charge in [0, 0.05) is 11.3 Å². The van der Waals surface area contributed by atoms with Crippen LogP contribution < -0.4 is 15.8 Å². The maximum Gasteiger partial charge on any atom is 0.258 e. The van der Waals surface area contributed by atoms with Crippen molar-refractivity contribution >= 4 is 11.6 Å². The molecule has 0 saturated heterocycles. The fourth-order valence-electron chi connectivity index (χ4n) is 1.12. The molecule has 16 heavy (non-hydrogen) atoms. The number of carbonyl (C=O) groups is 1. The topological polar surface area (TPSA) is 88.1 Å². The number of nitrogens with one attached hydrogen (secondary N) is 1. The Hall–Kier alpha value is -2.22. The van der Waals surface area contributed by atoms with E-state index in [2.05, 4.69) is 5.32 Å². The summed E-state index contributed by atoms with van der Waals surface area (Å²) in [6, 6.07) is 7.07. The van der Waals surface area contributed by atoms with Gasteiger partial charge in [-0.1, -0.05) is 6.07 Å². The zero-order valence-electron chi connectivity index (χ0n) is 8.99. The van der Waals surface area contributed by atoms with E-state index >= 15 is 0 Å². The molecule has 1 rings (SSSR count). The van der Waals surface area contributed by atoms with Gasteiger partial charge >= 0.3 is 0 Å². The van der Waals surface area contributed by atoms with Gasteiger partial charge in [0.2, 0.25) is 0 Å². The third-order valence-corrected chi connectivity index (χ3v) is 2.05. The van der Waals surface area contributed by atoms with Crippen molar-refractivity contribution in [3.8, 4) is 11.8 Å². The SMILES string of the molecule is Cc1c(N)cccc1OCC(=O)NCC#N. The molecule has 3 N–H and O–H groups in total. The quantitative estimate of drug-likeness (QED) is 0.573. The van der Waals surface area contributed by atoms with Gasteiger partial charge in [-0.05, 0) is 19.1 Å². The Balaban J connectivity index is 2.52. The summed E-state index contributed by atoms with van der Waals surface area (Å²) in [7, 11) is 0. The van der Waals surface area contributed by atoms with Crippen molar-refractivity contribution in [2.75, 3.05) is 18.9 Å². The molecule has 0 aliphatic carbocycles. The molecule has 5 heteroatoms. The van der Waals surface area contributed by atoms with Gasteiger partial charge in [0.25, 0.3) is 5.91 Å². The molecule has 1 aromatic rings. The summed E-state index contributed by atoms with van der Waals surface area (Å²) in [6.45, 7) is 1.68. The van der Waals surface area contributed by atoms with E-state index in [-0.39, 0.29) is 19.1 Å². The third-order valence-electron chi connectivity index (χ3n) is 2.05. The average molecular weight is 219 g/mol. The number of nitriles is 1. The molecule has 0 aromatic heterocycles. The number of amides is 1. The summed E-state index contributed by atoms with van der Waals surface area (Å²) in [4.78, 5) is 11.2. The van der Waals surface area contributed by atoms with Crippen LogP contribution in [0.1, 0.15) is 5.56 Å². The minimum absolute atomic E-state index is 0.0158. The van der Waals surface area contributed by atoms with E-state index in [4.69, 9.17) is 15.7 Å². The number of ether oxygens (including phenoxy) is 1. The van der Waals surface area contributed by atoms with Crippen molar-refractivity contribution in [3.05, 3.63) is 23.8 Å². The van der Waals surface area contributed by atoms with Gasteiger partial charge in [-0.3, -0.25) is 4.79 Å². The number of anilines is 1. The lowest BCUT2D eigenvalue weighted by Gasteiger charge is -2.09. The summed E-state index contributed by atoms with van der Waals surface area (Å²) >= 11 is 0. The average Bonchev–Trinajstić information content (AvgIpc) is 2.28. The van der Waals surface area contributed by atoms with E-state index < -0.39 is 0 Å². The van der Waals surface area contributed by atoms with Crippen molar-refractivity contribution in [3.63, 3.8) is 0 Å². The Kier molecular flexibility index (Phi) is 4.16. The number of nitrogens with zero attached hydrogens (tertiary/aromatic N) is 1. The fraction of sp³-hybridized carbons (Fsp3) is 0.273. The van der Waals surface area contributed by atoms with E-state index in [1.807, 2.05) is 13.0 Å². The first-order chi connectivity index (χ1) is 7.65. The Labute approximate surface area is 93.8 Å². The third kappa shape index (κ3) is 3.17. The number of benzene rings is 1. The van der Waals surface area contributed by atoms with E-state index in [0.717, 1.165) is 5.56 Å². The second-order valence-corrected chi connectivity index (χ2v) is 3.19. The molecule has 1 aromatic carbocycles. The molecule has 0 aliphatic heterocycles. The van der Waals surface area contributed by atoms with E-state index in [1.165, 1.54) is 0 Å². The van der Waals surface area contributed by atoms with Crippen LogP contribution in [-0.4, -0.2) is 19.1 Å². The number of carbonyl (C=O) groups excluding carboxylic acids is 1. The highest BCUT2D eigenvalue weighted by molar-refractivity contribution is 5.77. The Morgan fingerprint density at radius 2 is 2.38 bits per heavy atom. The fourth-order valence-corrected chi connectivity index (χ4v) is 1.12. The van der Waals surface area contributed by atoms with Crippen LogP contribution in [0.25, 0.3) is 0 Å². The van der Waals surface area contributed by atoms with Crippen molar-refractivity contribution in [1.29, 1.82) is 5.26 Å². The van der Waals surface area contributed by atoms with Gasteiger partial charge in [0.05, 0.1) is 6.07 Å². The van der Waals surface area contributed by atoms with Crippen molar-refractivity contribution < 1.29 is 9.53 Å². The zero-order chi connectivity index (χ0) is 12.0. The highest BCUT2D eigenvalue weighted by atomic mass is 16.5. The first kappa shape index (κ1) is 11.9. The maximum atomic E-state index is 11.2. The van der Waals surface area contributed by atoms with Gasteiger partial charge in [0.15, 0.2) is 6.61 Å². The van der Waals surface area contributed by atoms with Crippen LogP contribution in [0.15, 0.2) is 18.2 Å². The van der Waals surface area contributed by atoms with Gasteiger partial charge in [-0.15, -0.1) is 0 Å². The number of nitrogen functional groups attached to an aromatic ring is 1. The molecule has 0 heterocycles. The largest absolute Gasteiger partial charge is 0.483 e. The molecule has 0 bridgehead atoms. The summed E-state index contributed by atoms with van der Waals surface area (Å²) < 4.78 is 5.27. The Bertz CT molecular complexity index is 424. The highest BCUT2D eigenvalue weighted by Crippen LogP contribution is 2.22. The maximum absolute atomic E-state index is 11.2. The molecule has 0 unspecified atom stereocenters. The molecular formula is C11H13N3O2.